The van der Waals surface area contributed by atoms with Gasteiger partial charge in [0.25, 0.3) is 0 Å². The summed E-state index contributed by atoms with van der Waals surface area (Å²) in [5, 5.41) is 5.96. The van der Waals surface area contributed by atoms with Crippen molar-refractivity contribution in [2.45, 2.75) is 25.8 Å². The lowest BCUT2D eigenvalue weighted by Gasteiger charge is -2.35. The van der Waals surface area contributed by atoms with Gasteiger partial charge in [0.15, 0.2) is 0 Å². The average Bonchev–Trinajstić information content (AvgIpc) is 3.38. The molecule has 2 aromatic heterocycles. The van der Waals surface area contributed by atoms with Gasteiger partial charge < -0.3 is 20.9 Å². The van der Waals surface area contributed by atoms with Gasteiger partial charge in [-0.2, -0.15) is 4.98 Å². The second kappa shape index (κ2) is 11.2. The number of halogens is 1. The van der Waals surface area contributed by atoms with Gasteiger partial charge in [-0.05, 0) is 61.3 Å². The first-order chi connectivity index (χ1) is 19.0. The van der Waals surface area contributed by atoms with Gasteiger partial charge in [0.2, 0.25) is 5.95 Å². The predicted octanol–water partition coefficient (Wildman–Crippen LogP) is 5.42. The van der Waals surface area contributed by atoms with Crippen molar-refractivity contribution in [2.75, 3.05) is 55.2 Å². The maximum absolute atomic E-state index is 13.5. The number of hydrogen-bond acceptors (Lipinski definition) is 7. The normalized spacial score (nSPS) is 16.5. The van der Waals surface area contributed by atoms with Crippen molar-refractivity contribution in [3.63, 3.8) is 0 Å². The molecule has 8 nitrogen and oxygen atoms in total. The van der Waals surface area contributed by atoms with Crippen molar-refractivity contribution in [3.05, 3.63) is 65.3 Å². The summed E-state index contributed by atoms with van der Waals surface area (Å²) in [4.78, 5) is 29.3. The molecule has 10 heteroatoms. The van der Waals surface area contributed by atoms with Crippen molar-refractivity contribution < 1.29 is 9.18 Å². The van der Waals surface area contributed by atoms with Crippen LogP contribution in [0.2, 0.25) is 0 Å². The number of benzene rings is 2. The maximum atomic E-state index is 13.5. The summed E-state index contributed by atoms with van der Waals surface area (Å²) < 4.78 is 13.5. The number of piperazine rings is 1. The Balaban J connectivity index is 1.11. The number of carbonyl (C=O) groups is 1. The Morgan fingerprint density at radius 3 is 2.36 bits per heavy atom. The highest BCUT2D eigenvalue weighted by atomic mass is 32.1. The van der Waals surface area contributed by atoms with Crippen molar-refractivity contribution in [3.8, 4) is 11.1 Å². The number of nitrogens with one attached hydrogen (secondary N) is 1. The SMILES string of the molecule is Nc1nc(N2CCN(C(=O)Nc3ccc(CN4CCCCC4)cc3)CC2)c2c(-c3ccc(F)cc3)csc2n1. The molecule has 6 rings (SSSR count). The second-order valence-corrected chi connectivity index (χ2v) is 11.0. The number of carbonyl (C=O) groups excluding carboxylic acids is 1. The average molecular weight is 546 g/mol. The number of thiophene rings is 1. The molecule has 0 bridgehead atoms. The Hall–Kier alpha value is -3.76. The molecule has 0 saturated carbocycles. The molecule has 0 atom stereocenters. The van der Waals surface area contributed by atoms with Crippen LogP contribution in [0.5, 0.6) is 0 Å². The molecule has 3 N–H and O–H groups in total. The number of nitrogens with two attached hydrogens (primary N) is 1. The second-order valence-electron chi connectivity index (χ2n) is 10.2. The highest BCUT2D eigenvalue weighted by molar-refractivity contribution is 7.17. The predicted molar refractivity (Wildman–Crippen MR) is 156 cm³/mol. The molecule has 2 saturated heterocycles. The number of nitrogens with zero attached hydrogens (tertiary/aromatic N) is 5. The highest BCUT2D eigenvalue weighted by Gasteiger charge is 2.25. The lowest BCUT2D eigenvalue weighted by molar-refractivity contribution is 0.208. The van der Waals surface area contributed by atoms with E-state index in [1.165, 1.54) is 48.3 Å². The van der Waals surface area contributed by atoms with Gasteiger partial charge in [0, 0.05) is 49.4 Å². The minimum absolute atomic E-state index is 0.103. The van der Waals surface area contributed by atoms with Crippen LogP contribution in [0.25, 0.3) is 21.3 Å². The van der Waals surface area contributed by atoms with Crippen LogP contribution in [0.4, 0.5) is 26.6 Å². The molecule has 202 valence electrons. The van der Waals surface area contributed by atoms with Crippen LogP contribution < -0.4 is 16.0 Å². The molecule has 0 spiro atoms. The monoisotopic (exact) mass is 545 g/mol. The standard InChI is InChI=1S/C29H32FN7OS/c30-22-8-6-21(7-9-22)24-19-39-27-25(24)26(33-28(31)34-27)36-14-16-37(17-15-36)29(38)32-23-10-4-20(5-11-23)18-35-12-2-1-3-13-35/h4-11,19H,1-3,12-18H2,(H,32,38)(H2,31,33,34). The van der Waals surface area contributed by atoms with Gasteiger partial charge in [-0.3, -0.25) is 4.90 Å². The number of rotatable bonds is 5. The number of urea groups is 1. The van der Waals surface area contributed by atoms with Gasteiger partial charge in [-0.15, -0.1) is 11.3 Å². The fourth-order valence-corrected chi connectivity index (χ4v) is 6.35. The number of fused-ring (bicyclic) bond motifs is 1. The molecule has 2 aliphatic heterocycles. The summed E-state index contributed by atoms with van der Waals surface area (Å²) in [6, 6.07) is 14.5. The molecule has 4 heterocycles. The zero-order valence-electron chi connectivity index (χ0n) is 21.8. The molecule has 0 radical (unpaired) electrons. The number of piperidine rings is 1. The van der Waals surface area contributed by atoms with Gasteiger partial charge in [0.05, 0.1) is 5.39 Å². The van der Waals surface area contributed by atoms with Crippen molar-refractivity contribution in [2.24, 2.45) is 0 Å². The van der Waals surface area contributed by atoms with E-state index in [4.69, 9.17) is 5.73 Å². The van der Waals surface area contributed by atoms with Crippen molar-refractivity contribution in [1.29, 1.82) is 0 Å². The Kier molecular flexibility index (Phi) is 7.30. The summed E-state index contributed by atoms with van der Waals surface area (Å²) in [5.41, 5.74) is 9.98. The summed E-state index contributed by atoms with van der Waals surface area (Å²) in [6.07, 6.45) is 3.89. The molecule has 4 aromatic rings. The van der Waals surface area contributed by atoms with E-state index in [1.54, 1.807) is 12.1 Å². The van der Waals surface area contributed by atoms with E-state index in [9.17, 15) is 9.18 Å². The van der Waals surface area contributed by atoms with E-state index in [-0.39, 0.29) is 17.8 Å². The number of amides is 2. The minimum Gasteiger partial charge on any atom is -0.368 e. The molecule has 39 heavy (non-hydrogen) atoms. The lowest BCUT2D eigenvalue weighted by Crippen LogP contribution is -2.50. The van der Waals surface area contributed by atoms with Gasteiger partial charge >= 0.3 is 6.03 Å². The summed E-state index contributed by atoms with van der Waals surface area (Å²) in [5.74, 6) is 0.693. The van der Waals surface area contributed by atoms with E-state index in [1.807, 2.05) is 22.4 Å². The van der Waals surface area contributed by atoms with Crippen molar-refractivity contribution in [1.82, 2.24) is 19.8 Å². The molecule has 2 aromatic carbocycles. The van der Waals surface area contributed by atoms with Gasteiger partial charge in [0.1, 0.15) is 16.5 Å². The lowest BCUT2D eigenvalue weighted by atomic mass is 10.1. The maximum Gasteiger partial charge on any atom is 0.321 e. The van der Waals surface area contributed by atoms with Crippen LogP contribution in [0.1, 0.15) is 24.8 Å². The molecule has 2 fully saturated rings. The van der Waals surface area contributed by atoms with Crippen molar-refractivity contribution >= 4 is 45.0 Å². The minimum atomic E-state index is -0.276. The smallest absolute Gasteiger partial charge is 0.321 e. The van der Waals surface area contributed by atoms with Gasteiger partial charge in [-0.1, -0.05) is 30.7 Å². The van der Waals surface area contributed by atoms with E-state index < -0.39 is 0 Å². The topological polar surface area (TPSA) is 90.6 Å². The number of aromatic nitrogens is 2. The Morgan fingerprint density at radius 1 is 0.923 bits per heavy atom. The third kappa shape index (κ3) is 5.67. The molecule has 0 unspecified atom stereocenters. The zero-order valence-corrected chi connectivity index (χ0v) is 22.6. The fourth-order valence-electron chi connectivity index (χ4n) is 5.40. The van der Waals surface area contributed by atoms with Crippen LogP contribution >= 0.6 is 11.3 Å². The zero-order chi connectivity index (χ0) is 26.8. The molecule has 0 aliphatic carbocycles. The Morgan fingerprint density at radius 2 is 1.64 bits per heavy atom. The quantitative estimate of drug-likeness (QED) is 0.348. The molecule has 2 amide bonds. The molecular weight excluding hydrogens is 513 g/mol. The summed E-state index contributed by atoms with van der Waals surface area (Å²) in [7, 11) is 0. The fraction of sp³-hybridized carbons (Fsp3) is 0.345. The largest absolute Gasteiger partial charge is 0.368 e. The van der Waals surface area contributed by atoms with E-state index in [0.717, 1.165) is 52.5 Å². The molecular formula is C29H32FN7OS. The number of hydrogen-bond donors (Lipinski definition) is 2. The summed E-state index contributed by atoms with van der Waals surface area (Å²) >= 11 is 1.49. The van der Waals surface area contributed by atoms with E-state index >= 15 is 0 Å². The third-order valence-electron chi connectivity index (χ3n) is 7.51. The Bertz CT molecular complexity index is 1440. The van der Waals surface area contributed by atoms with Crippen LogP contribution in [-0.2, 0) is 6.54 Å². The Labute approximate surface area is 231 Å². The van der Waals surface area contributed by atoms with Crippen LogP contribution in [0.15, 0.2) is 53.9 Å². The first kappa shape index (κ1) is 25.5. The highest BCUT2D eigenvalue weighted by Crippen LogP contribution is 2.39. The van der Waals surface area contributed by atoms with Gasteiger partial charge in [-0.25, -0.2) is 14.2 Å². The third-order valence-corrected chi connectivity index (χ3v) is 8.39. The van der Waals surface area contributed by atoms with E-state index in [2.05, 4.69) is 37.2 Å². The number of anilines is 3. The van der Waals surface area contributed by atoms with E-state index in [0.29, 0.717) is 26.2 Å². The number of nitrogen functional groups attached to an aromatic ring is 1. The van der Waals surface area contributed by atoms with Crippen LogP contribution in [-0.4, -0.2) is 65.1 Å². The van der Waals surface area contributed by atoms with Crippen LogP contribution in [0.3, 0.4) is 0 Å². The first-order valence-corrected chi connectivity index (χ1v) is 14.3. The number of likely N-dealkylation sites (tertiary alicyclic amines) is 1. The van der Waals surface area contributed by atoms with Crippen LogP contribution in [0, 0.1) is 5.82 Å². The summed E-state index contributed by atoms with van der Waals surface area (Å²) in [6.45, 7) is 5.64. The first-order valence-electron chi connectivity index (χ1n) is 13.5. The molecule has 2 aliphatic rings.